The van der Waals surface area contributed by atoms with Gasteiger partial charge in [-0.25, -0.2) is 0 Å². The predicted octanol–water partition coefficient (Wildman–Crippen LogP) is 0.332. The summed E-state index contributed by atoms with van der Waals surface area (Å²) in [4.78, 5) is 14.5. The second-order valence-corrected chi connectivity index (χ2v) is 3.53. The number of carbonyl (C=O) groups excluding carboxylic acids is 1. The van der Waals surface area contributed by atoms with Crippen LogP contribution in [0.5, 0.6) is 0 Å². The summed E-state index contributed by atoms with van der Waals surface area (Å²) in [5.41, 5.74) is 0. The molecule has 0 aromatic carbocycles. The first kappa shape index (κ1) is 10.2. The molecule has 2 heterocycles. The minimum atomic E-state index is -0.0221. The molecule has 1 aliphatic rings. The van der Waals surface area contributed by atoms with Gasteiger partial charge < -0.3 is 20.4 Å². The molecule has 3 N–H and O–H groups in total. The first-order valence-electron chi connectivity index (χ1n) is 5.10. The molecule has 1 aliphatic heterocycles. The van der Waals surface area contributed by atoms with E-state index in [1.54, 1.807) is 6.20 Å². The molecule has 1 aromatic heterocycles. The summed E-state index contributed by atoms with van der Waals surface area (Å²) < 4.78 is 5.43. The molecule has 5 heteroatoms. The zero-order valence-corrected chi connectivity index (χ0v) is 8.45. The molecule has 1 fully saturated rings. The molecule has 0 radical (unpaired) electrons. The lowest BCUT2D eigenvalue weighted by molar-refractivity contribution is -0.119. The maximum Gasteiger partial charge on any atom is 0.228 e. The Balaban J connectivity index is 1.76. The maximum atomic E-state index is 11.5. The van der Waals surface area contributed by atoms with Gasteiger partial charge in [0.05, 0.1) is 19.1 Å². The largest absolute Gasteiger partial charge is 0.375 e. The van der Waals surface area contributed by atoms with Crippen LogP contribution in [-0.4, -0.2) is 36.7 Å². The number of aromatic amines is 1. The number of amides is 1. The molecule has 82 valence electrons. The monoisotopic (exact) mass is 209 g/mol. The zero-order chi connectivity index (χ0) is 10.5. The molecular weight excluding hydrogens is 194 g/mol. The van der Waals surface area contributed by atoms with Crippen LogP contribution in [0.15, 0.2) is 18.3 Å². The van der Waals surface area contributed by atoms with Gasteiger partial charge in [0, 0.05) is 19.3 Å². The van der Waals surface area contributed by atoms with E-state index in [4.69, 9.17) is 4.74 Å². The van der Waals surface area contributed by atoms with E-state index in [1.165, 1.54) is 0 Å². The third kappa shape index (κ3) is 3.07. The molecule has 1 unspecified atom stereocenters. The van der Waals surface area contributed by atoms with Crippen molar-refractivity contribution in [1.29, 1.82) is 0 Å². The fourth-order valence-corrected chi connectivity index (χ4v) is 1.57. The lowest BCUT2D eigenvalue weighted by Crippen LogP contribution is -2.40. The Morgan fingerprint density at radius 3 is 3.27 bits per heavy atom. The van der Waals surface area contributed by atoms with Gasteiger partial charge in [-0.1, -0.05) is 0 Å². The summed E-state index contributed by atoms with van der Waals surface area (Å²) >= 11 is 0. The molecule has 1 atom stereocenters. The van der Waals surface area contributed by atoms with Crippen LogP contribution in [0, 0.1) is 0 Å². The lowest BCUT2D eigenvalue weighted by atomic mass is 10.2. The number of hydrogen-bond donors (Lipinski definition) is 3. The minimum absolute atomic E-state index is 0.00582. The summed E-state index contributed by atoms with van der Waals surface area (Å²) in [6, 6.07) is 3.66. The van der Waals surface area contributed by atoms with Crippen molar-refractivity contribution in [3.8, 4) is 0 Å². The summed E-state index contributed by atoms with van der Waals surface area (Å²) in [6.07, 6.45) is 2.16. The van der Waals surface area contributed by atoms with E-state index in [9.17, 15) is 4.79 Å². The van der Waals surface area contributed by atoms with E-state index >= 15 is 0 Å². The second-order valence-electron chi connectivity index (χ2n) is 3.53. The van der Waals surface area contributed by atoms with Crippen LogP contribution in [-0.2, 0) is 9.53 Å². The molecule has 0 saturated carbocycles. The summed E-state index contributed by atoms with van der Waals surface area (Å²) in [6.45, 7) is 2.30. The van der Waals surface area contributed by atoms with E-state index in [0.717, 1.165) is 18.9 Å². The highest BCUT2D eigenvalue weighted by atomic mass is 16.5. The Hall–Kier alpha value is -1.33. The van der Waals surface area contributed by atoms with Crippen LogP contribution in [0.25, 0.3) is 0 Å². The number of hydrogen-bond acceptors (Lipinski definition) is 3. The first-order valence-corrected chi connectivity index (χ1v) is 5.10. The number of nitrogens with one attached hydrogen (secondary N) is 3. The van der Waals surface area contributed by atoms with Crippen molar-refractivity contribution < 1.29 is 9.53 Å². The quantitative estimate of drug-likeness (QED) is 0.672. The van der Waals surface area contributed by atoms with Gasteiger partial charge in [-0.2, -0.15) is 0 Å². The van der Waals surface area contributed by atoms with Crippen LogP contribution in [0.3, 0.4) is 0 Å². The van der Waals surface area contributed by atoms with Crippen molar-refractivity contribution in [2.75, 3.05) is 25.0 Å². The smallest absolute Gasteiger partial charge is 0.228 e. The number of ether oxygens (including phenoxy) is 1. The molecule has 0 spiro atoms. The SMILES string of the molecule is O=C(CC1CNCCO1)Nc1ccc[nH]1. The second kappa shape index (κ2) is 4.95. The van der Waals surface area contributed by atoms with E-state index in [-0.39, 0.29) is 12.0 Å². The van der Waals surface area contributed by atoms with E-state index < -0.39 is 0 Å². The molecular formula is C10H15N3O2. The van der Waals surface area contributed by atoms with Crippen LogP contribution in [0.1, 0.15) is 6.42 Å². The van der Waals surface area contributed by atoms with Crippen molar-refractivity contribution in [1.82, 2.24) is 10.3 Å². The predicted molar refractivity (Wildman–Crippen MR) is 56.6 cm³/mol. The Labute approximate surface area is 88.2 Å². The highest BCUT2D eigenvalue weighted by molar-refractivity contribution is 5.90. The van der Waals surface area contributed by atoms with E-state index in [1.807, 2.05) is 12.1 Å². The van der Waals surface area contributed by atoms with Gasteiger partial charge in [-0.15, -0.1) is 0 Å². The fourth-order valence-electron chi connectivity index (χ4n) is 1.57. The number of anilines is 1. The van der Waals surface area contributed by atoms with Gasteiger partial charge in [0.2, 0.25) is 5.91 Å². The highest BCUT2D eigenvalue weighted by Gasteiger charge is 2.17. The van der Waals surface area contributed by atoms with Crippen molar-refractivity contribution in [3.63, 3.8) is 0 Å². The number of rotatable bonds is 3. The van der Waals surface area contributed by atoms with Crippen LogP contribution in [0.2, 0.25) is 0 Å². The van der Waals surface area contributed by atoms with Gasteiger partial charge >= 0.3 is 0 Å². The highest BCUT2D eigenvalue weighted by Crippen LogP contribution is 2.05. The average molecular weight is 209 g/mol. The number of aromatic nitrogens is 1. The third-order valence-electron chi connectivity index (χ3n) is 2.29. The van der Waals surface area contributed by atoms with Gasteiger partial charge in [0.1, 0.15) is 5.82 Å². The van der Waals surface area contributed by atoms with Crippen molar-refractivity contribution in [3.05, 3.63) is 18.3 Å². The van der Waals surface area contributed by atoms with Crippen LogP contribution in [0.4, 0.5) is 5.82 Å². The fraction of sp³-hybridized carbons (Fsp3) is 0.500. The third-order valence-corrected chi connectivity index (χ3v) is 2.29. The van der Waals surface area contributed by atoms with E-state index in [2.05, 4.69) is 15.6 Å². The van der Waals surface area contributed by atoms with Gasteiger partial charge in [0.25, 0.3) is 0 Å². The van der Waals surface area contributed by atoms with Crippen LogP contribution >= 0.6 is 0 Å². The van der Waals surface area contributed by atoms with Crippen molar-refractivity contribution in [2.45, 2.75) is 12.5 Å². The normalized spacial score (nSPS) is 21.2. The molecule has 1 amide bonds. The summed E-state index contributed by atoms with van der Waals surface area (Å²) in [5, 5.41) is 5.95. The number of carbonyl (C=O) groups is 1. The minimum Gasteiger partial charge on any atom is -0.375 e. The van der Waals surface area contributed by atoms with E-state index in [0.29, 0.717) is 13.0 Å². The van der Waals surface area contributed by atoms with Gasteiger partial charge in [-0.3, -0.25) is 4.79 Å². The zero-order valence-electron chi connectivity index (χ0n) is 8.45. The molecule has 1 aromatic rings. The Kier molecular flexibility index (Phi) is 3.37. The number of H-pyrrole nitrogens is 1. The Morgan fingerprint density at radius 2 is 2.60 bits per heavy atom. The van der Waals surface area contributed by atoms with Crippen molar-refractivity contribution >= 4 is 11.7 Å². The Bertz CT molecular complexity index is 304. The van der Waals surface area contributed by atoms with Gasteiger partial charge in [-0.05, 0) is 12.1 Å². The lowest BCUT2D eigenvalue weighted by Gasteiger charge is -2.22. The molecule has 5 nitrogen and oxygen atoms in total. The molecule has 2 rings (SSSR count). The molecule has 15 heavy (non-hydrogen) atoms. The molecule has 1 saturated heterocycles. The average Bonchev–Trinajstić information content (AvgIpc) is 2.71. The number of morpholine rings is 1. The topological polar surface area (TPSA) is 66.2 Å². The van der Waals surface area contributed by atoms with Gasteiger partial charge in [0.15, 0.2) is 0 Å². The van der Waals surface area contributed by atoms with Crippen LogP contribution < -0.4 is 10.6 Å². The Morgan fingerprint density at radius 1 is 1.67 bits per heavy atom. The maximum absolute atomic E-state index is 11.5. The standard InChI is InChI=1S/C10H15N3O2/c14-10(13-9-2-1-3-12-9)6-8-7-11-4-5-15-8/h1-3,8,11-12H,4-7H2,(H,13,14). The summed E-state index contributed by atoms with van der Waals surface area (Å²) in [7, 11) is 0. The summed E-state index contributed by atoms with van der Waals surface area (Å²) in [5.74, 6) is 0.704. The molecule has 0 bridgehead atoms. The van der Waals surface area contributed by atoms with Crippen molar-refractivity contribution in [2.24, 2.45) is 0 Å². The first-order chi connectivity index (χ1) is 7.34. The molecule has 0 aliphatic carbocycles.